The van der Waals surface area contributed by atoms with Crippen molar-refractivity contribution in [3.8, 4) is 0 Å². The molecule has 0 saturated carbocycles. The maximum atomic E-state index is 6.30. The molecule has 0 spiro atoms. The summed E-state index contributed by atoms with van der Waals surface area (Å²) in [5, 5.41) is 0. The summed E-state index contributed by atoms with van der Waals surface area (Å²) in [6.07, 6.45) is 1.10. The monoisotopic (exact) mass is 330 g/mol. The maximum Gasteiger partial charge on any atom is 0.0691 e. The molecule has 3 heteroatoms. The van der Waals surface area contributed by atoms with Crippen LogP contribution >= 0.6 is 15.9 Å². The fourth-order valence-corrected chi connectivity index (χ4v) is 3.53. The normalized spacial score (nSPS) is 16.9. The summed E-state index contributed by atoms with van der Waals surface area (Å²) in [4.78, 5) is 2.45. The summed E-state index contributed by atoms with van der Waals surface area (Å²) >= 11 is 3.56. The standard InChI is InChI=1S/C17H19BrN2/c1-12(19)17(14-6-4-7-15(18)11-14)20-10-9-13-5-2-3-8-16(13)20/h2-8,11-12,17H,9-10,19H2,1H3. The molecule has 2 nitrogen and oxygen atoms in total. The van der Waals surface area contributed by atoms with Crippen molar-refractivity contribution < 1.29 is 0 Å². The third-order valence-corrected chi connectivity index (χ3v) is 4.44. The van der Waals surface area contributed by atoms with E-state index in [0.29, 0.717) is 0 Å². The van der Waals surface area contributed by atoms with E-state index in [1.54, 1.807) is 0 Å². The Kier molecular flexibility index (Phi) is 3.81. The number of rotatable bonds is 3. The predicted molar refractivity (Wildman–Crippen MR) is 88.0 cm³/mol. The van der Waals surface area contributed by atoms with Crippen molar-refractivity contribution in [2.45, 2.75) is 25.4 Å². The molecule has 104 valence electrons. The summed E-state index contributed by atoms with van der Waals surface area (Å²) in [6, 6.07) is 17.4. The fraction of sp³-hybridized carbons (Fsp3) is 0.294. The molecule has 3 rings (SSSR count). The van der Waals surface area contributed by atoms with Gasteiger partial charge in [-0.3, -0.25) is 0 Å². The zero-order valence-electron chi connectivity index (χ0n) is 11.6. The first-order chi connectivity index (χ1) is 9.66. The summed E-state index contributed by atoms with van der Waals surface area (Å²) in [5.41, 5.74) is 10.3. The van der Waals surface area contributed by atoms with Crippen molar-refractivity contribution in [2.75, 3.05) is 11.4 Å². The largest absolute Gasteiger partial charge is 0.362 e. The molecule has 1 aliphatic heterocycles. The van der Waals surface area contributed by atoms with Gasteiger partial charge in [0.1, 0.15) is 0 Å². The average molecular weight is 331 g/mol. The Hall–Kier alpha value is -1.32. The molecular weight excluding hydrogens is 312 g/mol. The van der Waals surface area contributed by atoms with Crippen molar-refractivity contribution in [3.05, 3.63) is 64.1 Å². The molecule has 0 saturated heterocycles. The summed E-state index contributed by atoms with van der Waals surface area (Å²) in [5.74, 6) is 0. The lowest BCUT2D eigenvalue weighted by Gasteiger charge is -2.33. The minimum atomic E-state index is 0.0791. The zero-order valence-corrected chi connectivity index (χ0v) is 13.2. The van der Waals surface area contributed by atoms with Gasteiger partial charge in [0.25, 0.3) is 0 Å². The Labute approximate surface area is 128 Å². The Morgan fingerprint density at radius 2 is 1.95 bits per heavy atom. The van der Waals surface area contributed by atoms with Crippen LogP contribution in [0.25, 0.3) is 0 Å². The highest BCUT2D eigenvalue weighted by Crippen LogP contribution is 2.36. The van der Waals surface area contributed by atoms with Gasteiger partial charge < -0.3 is 10.6 Å². The number of fused-ring (bicyclic) bond motifs is 1. The van der Waals surface area contributed by atoms with E-state index in [1.165, 1.54) is 16.8 Å². The lowest BCUT2D eigenvalue weighted by Crippen LogP contribution is -2.38. The Morgan fingerprint density at radius 1 is 1.15 bits per heavy atom. The van der Waals surface area contributed by atoms with Gasteiger partial charge >= 0.3 is 0 Å². The quantitative estimate of drug-likeness (QED) is 0.924. The Morgan fingerprint density at radius 3 is 2.70 bits per heavy atom. The number of anilines is 1. The van der Waals surface area contributed by atoms with Crippen molar-refractivity contribution in [2.24, 2.45) is 5.73 Å². The van der Waals surface area contributed by atoms with Crippen LogP contribution in [0.4, 0.5) is 5.69 Å². The van der Waals surface area contributed by atoms with Crippen LogP contribution in [0, 0.1) is 0 Å². The molecule has 0 radical (unpaired) electrons. The third kappa shape index (κ3) is 2.48. The number of nitrogens with zero attached hydrogens (tertiary/aromatic N) is 1. The number of halogens is 1. The molecule has 0 aromatic heterocycles. The van der Waals surface area contributed by atoms with E-state index in [0.717, 1.165) is 17.4 Å². The zero-order chi connectivity index (χ0) is 14.1. The van der Waals surface area contributed by atoms with Gasteiger partial charge in [-0.1, -0.05) is 46.3 Å². The highest BCUT2D eigenvalue weighted by molar-refractivity contribution is 9.10. The van der Waals surface area contributed by atoms with Gasteiger partial charge in [-0.25, -0.2) is 0 Å². The van der Waals surface area contributed by atoms with Gasteiger partial charge in [-0.15, -0.1) is 0 Å². The van der Waals surface area contributed by atoms with E-state index >= 15 is 0 Å². The van der Waals surface area contributed by atoms with Crippen LogP contribution in [0.15, 0.2) is 53.0 Å². The van der Waals surface area contributed by atoms with Gasteiger partial charge in [0.2, 0.25) is 0 Å². The molecule has 0 bridgehead atoms. The molecule has 2 aromatic carbocycles. The van der Waals surface area contributed by atoms with Crippen LogP contribution in [-0.4, -0.2) is 12.6 Å². The van der Waals surface area contributed by atoms with Crippen LogP contribution in [0.1, 0.15) is 24.1 Å². The number of para-hydroxylation sites is 1. The van der Waals surface area contributed by atoms with Crippen LogP contribution in [0.5, 0.6) is 0 Å². The lowest BCUT2D eigenvalue weighted by atomic mass is 9.99. The molecule has 2 N–H and O–H groups in total. The maximum absolute atomic E-state index is 6.30. The molecule has 0 fully saturated rings. The minimum absolute atomic E-state index is 0.0791. The van der Waals surface area contributed by atoms with Crippen molar-refractivity contribution in [1.82, 2.24) is 0 Å². The van der Waals surface area contributed by atoms with Gasteiger partial charge in [0.15, 0.2) is 0 Å². The van der Waals surface area contributed by atoms with Crippen molar-refractivity contribution in [1.29, 1.82) is 0 Å². The van der Waals surface area contributed by atoms with Crippen LogP contribution in [0.2, 0.25) is 0 Å². The second kappa shape index (κ2) is 5.58. The minimum Gasteiger partial charge on any atom is -0.362 e. The highest BCUT2D eigenvalue weighted by atomic mass is 79.9. The molecule has 1 heterocycles. The van der Waals surface area contributed by atoms with Gasteiger partial charge in [0, 0.05) is 22.7 Å². The molecular formula is C17H19BrN2. The van der Waals surface area contributed by atoms with E-state index in [1.807, 2.05) is 0 Å². The summed E-state index contributed by atoms with van der Waals surface area (Å²) < 4.78 is 1.10. The highest BCUT2D eigenvalue weighted by Gasteiger charge is 2.29. The Balaban J connectivity index is 2.01. The van der Waals surface area contributed by atoms with E-state index in [-0.39, 0.29) is 12.1 Å². The molecule has 20 heavy (non-hydrogen) atoms. The van der Waals surface area contributed by atoms with Gasteiger partial charge in [0.05, 0.1) is 6.04 Å². The third-order valence-electron chi connectivity index (χ3n) is 3.95. The fourth-order valence-electron chi connectivity index (χ4n) is 3.11. The van der Waals surface area contributed by atoms with E-state index < -0.39 is 0 Å². The SMILES string of the molecule is CC(N)C(c1cccc(Br)c1)N1CCc2ccccc21. The van der Waals surface area contributed by atoms with E-state index in [9.17, 15) is 0 Å². The topological polar surface area (TPSA) is 29.3 Å². The van der Waals surface area contributed by atoms with Gasteiger partial charge in [-0.05, 0) is 42.7 Å². The number of nitrogens with two attached hydrogens (primary N) is 1. The lowest BCUT2D eigenvalue weighted by molar-refractivity contribution is 0.541. The second-order valence-corrected chi connectivity index (χ2v) is 6.35. The van der Waals surface area contributed by atoms with Crippen molar-refractivity contribution >= 4 is 21.6 Å². The first-order valence-electron chi connectivity index (χ1n) is 7.02. The number of hydrogen-bond donors (Lipinski definition) is 1. The molecule has 2 atom stereocenters. The van der Waals surface area contributed by atoms with Crippen LogP contribution in [-0.2, 0) is 6.42 Å². The molecule has 2 aromatic rings. The Bertz CT molecular complexity index is 609. The smallest absolute Gasteiger partial charge is 0.0691 e. The van der Waals surface area contributed by atoms with E-state index in [2.05, 4.69) is 76.3 Å². The second-order valence-electron chi connectivity index (χ2n) is 5.43. The molecule has 1 aliphatic rings. The number of hydrogen-bond acceptors (Lipinski definition) is 2. The summed E-state index contributed by atoms with van der Waals surface area (Å²) in [6.45, 7) is 3.13. The first kappa shape index (κ1) is 13.7. The van der Waals surface area contributed by atoms with Crippen LogP contribution < -0.4 is 10.6 Å². The van der Waals surface area contributed by atoms with E-state index in [4.69, 9.17) is 5.73 Å². The average Bonchev–Trinajstić information content (AvgIpc) is 2.83. The summed E-state index contributed by atoms with van der Waals surface area (Å²) in [7, 11) is 0. The molecule has 0 amide bonds. The molecule has 0 aliphatic carbocycles. The first-order valence-corrected chi connectivity index (χ1v) is 7.81. The van der Waals surface area contributed by atoms with Gasteiger partial charge in [-0.2, -0.15) is 0 Å². The van der Waals surface area contributed by atoms with Crippen molar-refractivity contribution in [3.63, 3.8) is 0 Å². The number of benzene rings is 2. The van der Waals surface area contributed by atoms with Crippen LogP contribution in [0.3, 0.4) is 0 Å². The molecule has 2 unspecified atom stereocenters. The predicted octanol–water partition coefficient (Wildman–Crippen LogP) is 3.90.